The SMILES string of the molecule is COC(=O)c1ccc(C)c(S(=O)(=O)Nc2ccc3n[nH]nc3c2)c1. The normalized spacial score (nSPS) is 11.4. The third kappa shape index (κ3) is 2.93. The molecular formula is C15H14N4O4S. The fourth-order valence-corrected chi connectivity index (χ4v) is 3.57. The molecule has 24 heavy (non-hydrogen) atoms. The lowest BCUT2D eigenvalue weighted by Crippen LogP contribution is -2.15. The molecule has 0 spiro atoms. The second-order valence-electron chi connectivity index (χ2n) is 5.10. The van der Waals surface area contributed by atoms with Gasteiger partial charge in [0.15, 0.2) is 0 Å². The number of fused-ring (bicyclic) bond motifs is 1. The lowest BCUT2D eigenvalue weighted by atomic mass is 10.1. The summed E-state index contributed by atoms with van der Waals surface area (Å²) >= 11 is 0. The van der Waals surface area contributed by atoms with E-state index in [9.17, 15) is 13.2 Å². The van der Waals surface area contributed by atoms with Gasteiger partial charge in [0.1, 0.15) is 11.0 Å². The quantitative estimate of drug-likeness (QED) is 0.697. The second kappa shape index (κ2) is 5.93. The number of benzene rings is 2. The van der Waals surface area contributed by atoms with Gasteiger partial charge in [-0.25, -0.2) is 13.2 Å². The highest BCUT2D eigenvalue weighted by atomic mass is 32.2. The number of methoxy groups -OCH3 is 1. The predicted octanol–water partition coefficient (Wildman–Crippen LogP) is 1.85. The number of aromatic nitrogens is 3. The minimum atomic E-state index is -3.88. The number of carbonyl (C=O) groups excluding carboxylic acids is 1. The number of ether oxygens (including phenoxy) is 1. The minimum absolute atomic E-state index is 0.00523. The van der Waals surface area contributed by atoms with E-state index in [1.54, 1.807) is 31.2 Å². The first kappa shape index (κ1) is 15.9. The Morgan fingerprint density at radius 1 is 1.12 bits per heavy atom. The molecule has 0 radical (unpaired) electrons. The molecule has 0 unspecified atom stereocenters. The van der Waals surface area contributed by atoms with Gasteiger partial charge in [0.05, 0.1) is 23.3 Å². The molecule has 3 rings (SSSR count). The first-order valence-electron chi connectivity index (χ1n) is 6.93. The zero-order valence-corrected chi connectivity index (χ0v) is 13.7. The zero-order chi connectivity index (χ0) is 17.3. The van der Waals surface area contributed by atoms with Crippen LogP contribution >= 0.6 is 0 Å². The number of anilines is 1. The van der Waals surface area contributed by atoms with Gasteiger partial charge in [-0.3, -0.25) is 4.72 Å². The number of hydrogen-bond acceptors (Lipinski definition) is 6. The van der Waals surface area contributed by atoms with Gasteiger partial charge in [0.25, 0.3) is 10.0 Å². The molecular weight excluding hydrogens is 332 g/mol. The molecule has 124 valence electrons. The largest absolute Gasteiger partial charge is 0.465 e. The highest BCUT2D eigenvalue weighted by molar-refractivity contribution is 7.92. The molecule has 1 heterocycles. The van der Waals surface area contributed by atoms with E-state index in [2.05, 4.69) is 24.9 Å². The molecule has 0 atom stereocenters. The van der Waals surface area contributed by atoms with Crippen molar-refractivity contribution in [3.05, 3.63) is 47.5 Å². The molecule has 2 aromatic carbocycles. The molecule has 8 nitrogen and oxygen atoms in total. The topological polar surface area (TPSA) is 114 Å². The van der Waals surface area contributed by atoms with Crippen LogP contribution in [0, 0.1) is 6.92 Å². The highest BCUT2D eigenvalue weighted by Gasteiger charge is 2.20. The van der Waals surface area contributed by atoms with Crippen LogP contribution < -0.4 is 4.72 Å². The average Bonchev–Trinajstić information content (AvgIpc) is 3.01. The van der Waals surface area contributed by atoms with Crippen molar-refractivity contribution in [1.29, 1.82) is 0 Å². The number of H-pyrrole nitrogens is 1. The molecule has 0 fully saturated rings. The highest BCUT2D eigenvalue weighted by Crippen LogP contribution is 2.22. The van der Waals surface area contributed by atoms with E-state index >= 15 is 0 Å². The van der Waals surface area contributed by atoms with Gasteiger partial charge in [-0.2, -0.15) is 15.4 Å². The van der Waals surface area contributed by atoms with Gasteiger partial charge < -0.3 is 4.74 Å². The summed E-state index contributed by atoms with van der Waals surface area (Å²) in [5, 5.41) is 10.3. The molecule has 0 aliphatic rings. The fraction of sp³-hybridized carbons (Fsp3) is 0.133. The Kier molecular flexibility index (Phi) is 3.94. The molecule has 0 saturated carbocycles. The first-order chi connectivity index (χ1) is 11.4. The van der Waals surface area contributed by atoms with Crippen molar-refractivity contribution < 1.29 is 17.9 Å². The van der Waals surface area contributed by atoms with Gasteiger partial charge in [-0.15, -0.1) is 0 Å². The molecule has 0 bridgehead atoms. The predicted molar refractivity (Wildman–Crippen MR) is 87.2 cm³/mol. The first-order valence-corrected chi connectivity index (χ1v) is 8.41. The molecule has 1 aromatic heterocycles. The van der Waals surface area contributed by atoms with E-state index in [0.29, 0.717) is 22.3 Å². The van der Waals surface area contributed by atoms with E-state index in [1.165, 1.54) is 19.2 Å². The van der Waals surface area contributed by atoms with E-state index in [0.717, 1.165) is 0 Å². The Bertz CT molecular complexity index is 1030. The fourth-order valence-electron chi connectivity index (χ4n) is 2.25. The second-order valence-corrected chi connectivity index (χ2v) is 6.76. The molecule has 2 N–H and O–H groups in total. The smallest absolute Gasteiger partial charge is 0.337 e. The molecule has 9 heteroatoms. The summed E-state index contributed by atoms with van der Waals surface area (Å²) < 4.78 is 32.4. The van der Waals surface area contributed by atoms with E-state index < -0.39 is 16.0 Å². The Balaban J connectivity index is 1.99. The van der Waals surface area contributed by atoms with Gasteiger partial charge in [-0.1, -0.05) is 6.07 Å². The molecule has 0 amide bonds. The standard InChI is InChI=1S/C15H14N4O4S/c1-9-3-4-10(15(20)23-2)7-14(9)24(21,22)18-11-5-6-12-13(8-11)17-19-16-12/h3-8,18H,1-2H3,(H,16,17,19). The Morgan fingerprint density at radius 2 is 1.88 bits per heavy atom. The number of aromatic amines is 1. The summed E-state index contributed by atoms with van der Waals surface area (Å²) in [5.41, 5.74) is 2.18. The summed E-state index contributed by atoms with van der Waals surface area (Å²) in [4.78, 5) is 11.6. The summed E-state index contributed by atoms with van der Waals surface area (Å²) in [6.45, 7) is 1.65. The van der Waals surface area contributed by atoms with Crippen LogP contribution in [0.4, 0.5) is 5.69 Å². The van der Waals surface area contributed by atoms with Crippen molar-refractivity contribution in [2.45, 2.75) is 11.8 Å². The third-order valence-corrected chi connectivity index (χ3v) is 4.99. The maximum Gasteiger partial charge on any atom is 0.337 e. The molecule has 0 saturated heterocycles. The number of carbonyl (C=O) groups is 1. The number of hydrogen-bond donors (Lipinski definition) is 2. The van der Waals surface area contributed by atoms with Crippen LogP contribution in [0.25, 0.3) is 11.0 Å². The number of sulfonamides is 1. The van der Waals surface area contributed by atoms with Crippen molar-refractivity contribution in [2.75, 3.05) is 11.8 Å². The van der Waals surface area contributed by atoms with Crippen molar-refractivity contribution in [1.82, 2.24) is 15.4 Å². The van der Waals surface area contributed by atoms with Gasteiger partial charge >= 0.3 is 5.97 Å². The summed E-state index contributed by atoms with van der Waals surface area (Å²) in [5.74, 6) is -0.601. The maximum absolute atomic E-state index is 12.7. The van der Waals surface area contributed by atoms with E-state index in [1.807, 2.05) is 0 Å². The van der Waals surface area contributed by atoms with Crippen molar-refractivity contribution in [3.63, 3.8) is 0 Å². The average molecular weight is 346 g/mol. The van der Waals surface area contributed by atoms with Gasteiger partial charge in [0, 0.05) is 0 Å². The Labute approximate surface area is 137 Å². The minimum Gasteiger partial charge on any atom is -0.465 e. The van der Waals surface area contributed by atoms with Crippen molar-refractivity contribution in [3.8, 4) is 0 Å². The zero-order valence-electron chi connectivity index (χ0n) is 12.9. The van der Waals surface area contributed by atoms with Crippen LogP contribution in [-0.2, 0) is 14.8 Å². The molecule has 0 aliphatic carbocycles. The lowest BCUT2D eigenvalue weighted by Gasteiger charge is -2.11. The summed E-state index contributed by atoms with van der Waals surface area (Å²) in [6, 6.07) is 9.16. The number of esters is 1. The number of rotatable bonds is 4. The van der Waals surface area contributed by atoms with Crippen molar-refractivity contribution in [2.24, 2.45) is 0 Å². The Morgan fingerprint density at radius 3 is 2.62 bits per heavy atom. The molecule has 0 aliphatic heterocycles. The van der Waals surface area contributed by atoms with Crippen LogP contribution in [0.15, 0.2) is 41.3 Å². The summed E-state index contributed by atoms with van der Waals surface area (Å²) in [6.07, 6.45) is 0. The number of nitrogens with one attached hydrogen (secondary N) is 2. The lowest BCUT2D eigenvalue weighted by molar-refractivity contribution is 0.0600. The van der Waals surface area contributed by atoms with Crippen LogP contribution in [0.2, 0.25) is 0 Å². The third-order valence-electron chi connectivity index (χ3n) is 3.47. The van der Waals surface area contributed by atoms with E-state index in [-0.39, 0.29) is 10.5 Å². The maximum atomic E-state index is 12.7. The van der Waals surface area contributed by atoms with Crippen LogP contribution in [0.5, 0.6) is 0 Å². The van der Waals surface area contributed by atoms with Crippen LogP contribution in [-0.4, -0.2) is 36.9 Å². The van der Waals surface area contributed by atoms with Gasteiger partial charge in [0.2, 0.25) is 0 Å². The Hall–Kier alpha value is -2.94. The number of aryl methyl sites for hydroxylation is 1. The van der Waals surface area contributed by atoms with Gasteiger partial charge in [-0.05, 0) is 42.8 Å². The monoisotopic (exact) mass is 346 g/mol. The van der Waals surface area contributed by atoms with Crippen LogP contribution in [0.1, 0.15) is 15.9 Å². The molecule has 3 aromatic rings. The van der Waals surface area contributed by atoms with Crippen LogP contribution in [0.3, 0.4) is 0 Å². The number of nitrogens with zero attached hydrogens (tertiary/aromatic N) is 2. The van der Waals surface area contributed by atoms with Crippen molar-refractivity contribution >= 4 is 32.7 Å². The summed E-state index contributed by atoms with van der Waals surface area (Å²) in [7, 11) is -2.64. The van der Waals surface area contributed by atoms with E-state index in [4.69, 9.17) is 0 Å².